The summed E-state index contributed by atoms with van der Waals surface area (Å²) >= 11 is 0. The summed E-state index contributed by atoms with van der Waals surface area (Å²) in [6, 6.07) is 1.86. The molecule has 24 heavy (non-hydrogen) atoms. The predicted molar refractivity (Wildman–Crippen MR) is 76.0 cm³/mol. The average Bonchev–Trinajstić information content (AvgIpc) is 2.60. The first-order valence-corrected chi connectivity index (χ1v) is 7.45. The van der Waals surface area contributed by atoms with Crippen LogP contribution >= 0.6 is 7.82 Å². The van der Waals surface area contributed by atoms with Crippen molar-refractivity contribution in [1.82, 2.24) is 0 Å². The fourth-order valence-electron chi connectivity index (χ4n) is 0.931. The maximum Gasteiger partial charge on any atom is 0 e. The zero-order valence-electron chi connectivity index (χ0n) is 13.4. The molecule has 8 nitrogen and oxygen atoms in total. The summed E-state index contributed by atoms with van der Waals surface area (Å²) < 4.78 is 49.3. The van der Waals surface area contributed by atoms with E-state index in [0.29, 0.717) is 0 Å². The van der Waals surface area contributed by atoms with E-state index in [1.807, 2.05) is 13.0 Å². The molecule has 4 radical (unpaired) electrons. The molecule has 0 fully saturated rings. The summed E-state index contributed by atoms with van der Waals surface area (Å²) in [7, 11) is -3.64. The molecule has 0 aliphatic carbocycles. The van der Waals surface area contributed by atoms with Gasteiger partial charge in [-0.05, 0) is 33.1 Å². The van der Waals surface area contributed by atoms with Gasteiger partial charge in [0.2, 0.25) is 0 Å². The van der Waals surface area contributed by atoms with Crippen molar-refractivity contribution in [3.8, 4) is 6.07 Å². The van der Waals surface area contributed by atoms with Crippen LogP contribution in [0.1, 0.15) is 20.8 Å². The Hall–Kier alpha value is -0.661. The zero-order valence-corrected chi connectivity index (χ0v) is 15.4. The second-order valence-corrected chi connectivity index (χ2v) is 4.47. The van der Waals surface area contributed by atoms with Gasteiger partial charge in [-0.25, -0.2) is 4.57 Å². The Morgan fingerprint density at radius 2 is 1.50 bits per heavy atom. The second kappa shape index (κ2) is 30.2. The molecule has 134 valence electrons. The van der Waals surface area contributed by atoms with Crippen LogP contribution in [-0.4, -0.2) is 19.3 Å². The van der Waals surface area contributed by atoms with Crippen LogP contribution in [-0.2, 0) is 49.2 Å². The largest absolute Gasteiger partial charge is 0 e. The fourth-order valence-corrected chi connectivity index (χ4v) is 2.16. The molecule has 0 aromatic heterocycles. The van der Waals surface area contributed by atoms with Crippen molar-refractivity contribution in [2.45, 2.75) is 26.9 Å². The van der Waals surface area contributed by atoms with E-state index < -0.39 is 13.9 Å². The zero-order chi connectivity index (χ0) is 19.1. The van der Waals surface area contributed by atoms with Crippen LogP contribution in [0.15, 0.2) is 0 Å². The van der Waals surface area contributed by atoms with Crippen molar-refractivity contribution >= 4 is 7.82 Å². The molecule has 0 spiro atoms. The Morgan fingerprint density at radius 3 is 1.79 bits per heavy atom. The Bertz CT molecular complexity index is 369. The van der Waals surface area contributed by atoms with Gasteiger partial charge in [0.05, 0.1) is 19.3 Å². The van der Waals surface area contributed by atoms with E-state index in [4.69, 9.17) is 32.8 Å². The molecule has 0 unspecified atom stereocenters. The normalized spacial score (nSPS) is 9.67. The Labute approximate surface area is 154 Å². The van der Waals surface area contributed by atoms with E-state index in [1.165, 1.54) is 6.42 Å². The van der Waals surface area contributed by atoms with Gasteiger partial charge in [-0.1, -0.05) is 6.92 Å². The molecule has 0 bridgehead atoms. The van der Waals surface area contributed by atoms with Crippen LogP contribution in [0.25, 0.3) is 0 Å². The number of unbranched alkanes of at least 4 members (excludes halogenated alkanes) is 2. The molecule has 0 N–H and O–H groups in total. The first kappa shape index (κ1) is 34.6. The number of hydrogen-bond acceptors (Lipinski definition) is 5. The van der Waals surface area contributed by atoms with Crippen LogP contribution in [0, 0.1) is 57.0 Å². The second-order valence-electron chi connectivity index (χ2n) is 2.85. The summed E-state index contributed by atoms with van der Waals surface area (Å²) in [5, 5.41) is 8.84. The Morgan fingerprint density at radius 1 is 1.08 bits per heavy atom. The quantitative estimate of drug-likeness (QED) is 0.183. The van der Waals surface area contributed by atoms with Crippen LogP contribution < -0.4 is 0 Å². The van der Waals surface area contributed by atoms with Gasteiger partial charge in [0, 0.05) is 23.5 Å². The maximum atomic E-state index is 11.9. The molecule has 0 aromatic rings. The third-order valence-electron chi connectivity index (χ3n) is 1.53. The fraction of sp³-hybridized carbons (Fsp3) is 0.429. The molecule has 0 aromatic carbocycles. The molecule has 0 saturated heterocycles. The van der Waals surface area contributed by atoms with Crippen LogP contribution in [0.2, 0.25) is 0 Å². The Balaban J connectivity index is -0.000000153. The van der Waals surface area contributed by atoms with Crippen molar-refractivity contribution in [3.63, 3.8) is 0 Å². The van der Waals surface area contributed by atoms with E-state index in [0.717, 1.165) is 0 Å². The SMILES string of the molecule is C[CH][CH][CH][CH][C@@H](C#N)OP(=O)(OCC)OCC.[C-]#[O+].[C-]#[O+].[C-]#[O+].[Fe]. The summed E-state index contributed by atoms with van der Waals surface area (Å²) in [6.07, 6.45) is 5.69. The van der Waals surface area contributed by atoms with Gasteiger partial charge in [-0.15, -0.1) is 0 Å². The van der Waals surface area contributed by atoms with Crippen LogP contribution in [0.4, 0.5) is 0 Å². The van der Waals surface area contributed by atoms with E-state index in [2.05, 4.69) is 20.0 Å². The van der Waals surface area contributed by atoms with Crippen molar-refractivity contribution in [2.75, 3.05) is 13.2 Å². The van der Waals surface area contributed by atoms with Gasteiger partial charge in [-0.3, -0.25) is 13.6 Å². The van der Waals surface area contributed by atoms with Gasteiger partial charge < -0.3 is 0 Å². The maximum absolute atomic E-state index is 11.9. The number of phosphoric acid groups is 1. The first-order chi connectivity index (χ1) is 11.1. The molecule has 10 heteroatoms. The molecular weight excluding hydrogens is 381 g/mol. The number of phosphoric ester groups is 1. The van der Waals surface area contributed by atoms with Crippen LogP contribution in [0.3, 0.4) is 0 Å². The Kier molecular flexibility index (Phi) is 43.6. The topological polar surface area (TPSA) is 128 Å². The van der Waals surface area contributed by atoms with E-state index in [1.54, 1.807) is 33.1 Å². The minimum atomic E-state index is -3.64. The van der Waals surface area contributed by atoms with Gasteiger partial charge in [0.25, 0.3) is 0 Å². The number of nitrogens with zero attached hydrogens (tertiary/aromatic N) is 1. The molecule has 1 atom stereocenters. The minimum absolute atomic E-state index is 0. The molecule has 0 aliphatic heterocycles. The number of hydrogen-bond donors (Lipinski definition) is 0. The first-order valence-electron chi connectivity index (χ1n) is 5.99. The van der Waals surface area contributed by atoms with E-state index in [-0.39, 0.29) is 30.3 Å². The number of rotatable bonds is 10. The molecule has 0 heterocycles. The van der Waals surface area contributed by atoms with Crippen molar-refractivity contribution in [2.24, 2.45) is 0 Å². The summed E-state index contributed by atoms with van der Waals surface area (Å²) in [6.45, 7) is 19.1. The third-order valence-corrected chi connectivity index (χ3v) is 3.17. The van der Waals surface area contributed by atoms with E-state index in [9.17, 15) is 4.57 Å². The summed E-state index contributed by atoms with van der Waals surface area (Å²) in [5.74, 6) is 0. The standard InChI is InChI=1S/C11H18NO4P.3CO.Fe/c1-4-7-8-9-11(10-12)16-17(13,14-5-2)15-6-3;3*1-2;/h4,7-9,11H,5-6H2,1-3H3;;;;/t11-;;;;/m0..../s1. The molecular formula is C14H18FeNO7P. The smallest absolute Gasteiger partial charge is 0 e. The van der Waals surface area contributed by atoms with E-state index >= 15 is 0 Å². The molecule has 0 aliphatic rings. The van der Waals surface area contributed by atoms with Crippen molar-refractivity contribution in [3.05, 3.63) is 45.6 Å². The van der Waals surface area contributed by atoms with Crippen LogP contribution in [0.5, 0.6) is 0 Å². The van der Waals surface area contributed by atoms with Gasteiger partial charge in [0.1, 0.15) is 0 Å². The number of nitriles is 1. The summed E-state index contributed by atoms with van der Waals surface area (Å²) in [4.78, 5) is 0. The molecule has 0 saturated carbocycles. The molecule has 0 rings (SSSR count). The van der Waals surface area contributed by atoms with Crippen molar-refractivity contribution in [1.29, 1.82) is 5.26 Å². The monoisotopic (exact) mass is 399 g/mol. The average molecular weight is 399 g/mol. The minimum Gasteiger partial charge on any atom is 0 e. The van der Waals surface area contributed by atoms with Gasteiger partial charge >= 0.3 is 41.7 Å². The predicted octanol–water partition coefficient (Wildman–Crippen LogP) is 2.80. The van der Waals surface area contributed by atoms with Gasteiger partial charge in [-0.2, -0.15) is 5.26 Å². The van der Waals surface area contributed by atoms with Gasteiger partial charge in [0.15, 0.2) is 6.10 Å². The van der Waals surface area contributed by atoms with Crippen molar-refractivity contribution < 1.29 is 49.2 Å². The third kappa shape index (κ3) is 23.6. The molecule has 0 amide bonds. The summed E-state index contributed by atoms with van der Waals surface area (Å²) in [5.41, 5.74) is 0.